The average Bonchev–Trinajstić information content (AvgIpc) is 2.47. The molecule has 2 rings (SSSR count). The van der Waals surface area contributed by atoms with Gasteiger partial charge in [-0.2, -0.15) is 0 Å². The Morgan fingerprint density at radius 1 is 1.38 bits per heavy atom. The Morgan fingerprint density at radius 3 is 2.43 bits per heavy atom. The van der Waals surface area contributed by atoms with Gasteiger partial charge in [0.15, 0.2) is 5.84 Å². The molecular weight excluding hydrogens is 280 g/mol. The second-order valence-corrected chi connectivity index (χ2v) is 5.16. The summed E-state index contributed by atoms with van der Waals surface area (Å²) in [7, 11) is 1.65. The molecule has 0 bridgehead atoms. The Bertz CT molecular complexity index is 506. The minimum atomic E-state index is -0.707. The van der Waals surface area contributed by atoms with Crippen molar-refractivity contribution in [3.8, 4) is 0 Å². The third kappa shape index (κ3) is 3.41. The van der Waals surface area contributed by atoms with Crippen LogP contribution in [-0.2, 0) is 4.74 Å². The number of hydrogen-bond acceptors (Lipinski definition) is 4. The van der Waals surface area contributed by atoms with E-state index in [1.165, 1.54) is 0 Å². The number of nitrogens with two attached hydrogens (primary N) is 1. The molecule has 1 aliphatic heterocycles. The molecule has 1 saturated heterocycles. The van der Waals surface area contributed by atoms with Crippen LogP contribution in [0.5, 0.6) is 0 Å². The molecule has 0 aromatic heterocycles. The zero-order chi connectivity index (χ0) is 15.4. The number of ether oxygens (including phenoxy) is 1. The van der Waals surface area contributed by atoms with Gasteiger partial charge in [-0.3, -0.25) is 0 Å². The third-order valence-corrected chi connectivity index (χ3v) is 3.75. The highest BCUT2D eigenvalue weighted by Crippen LogP contribution is 2.29. The molecular formula is C14H19F2N3O2. The molecule has 1 aromatic rings. The molecule has 1 aromatic carbocycles. The molecule has 3 N–H and O–H groups in total. The number of nitrogens with zero attached hydrogens (tertiary/aromatic N) is 2. The maximum atomic E-state index is 14.1. The van der Waals surface area contributed by atoms with Crippen LogP contribution in [0.25, 0.3) is 0 Å². The van der Waals surface area contributed by atoms with Crippen molar-refractivity contribution in [3.05, 3.63) is 29.3 Å². The van der Waals surface area contributed by atoms with Crippen LogP contribution in [0.3, 0.4) is 0 Å². The number of rotatable bonds is 4. The van der Waals surface area contributed by atoms with E-state index in [1.807, 2.05) is 0 Å². The molecule has 1 fully saturated rings. The maximum Gasteiger partial charge on any atom is 0.170 e. The lowest BCUT2D eigenvalue weighted by Gasteiger charge is -2.33. The highest BCUT2D eigenvalue weighted by atomic mass is 19.1. The van der Waals surface area contributed by atoms with Crippen LogP contribution in [0, 0.1) is 17.6 Å². The van der Waals surface area contributed by atoms with Crippen molar-refractivity contribution in [2.75, 3.05) is 31.7 Å². The summed E-state index contributed by atoms with van der Waals surface area (Å²) in [4.78, 5) is 1.69. The Morgan fingerprint density at radius 2 is 1.95 bits per heavy atom. The van der Waals surface area contributed by atoms with Gasteiger partial charge in [-0.15, -0.1) is 0 Å². The molecule has 0 aliphatic carbocycles. The SMILES string of the molecule is COCC1CCN(c2c(F)cc(C(N)=NO)cc2F)CC1. The molecule has 116 valence electrons. The average molecular weight is 299 g/mol. The lowest BCUT2D eigenvalue weighted by molar-refractivity contribution is 0.139. The summed E-state index contributed by atoms with van der Waals surface area (Å²) in [6.45, 7) is 1.82. The molecule has 0 saturated carbocycles. The molecule has 0 radical (unpaired) electrons. The van der Waals surface area contributed by atoms with Crippen LogP contribution in [0.15, 0.2) is 17.3 Å². The fraction of sp³-hybridized carbons (Fsp3) is 0.500. The largest absolute Gasteiger partial charge is 0.409 e. The second kappa shape index (κ2) is 6.71. The van der Waals surface area contributed by atoms with Crippen molar-refractivity contribution in [2.24, 2.45) is 16.8 Å². The Kier molecular flexibility index (Phi) is 4.95. The monoisotopic (exact) mass is 299 g/mol. The standard InChI is InChI=1S/C14H19F2N3O2/c1-21-8-9-2-4-19(5-3-9)13-11(15)6-10(7-12(13)16)14(17)18-20/h6-7,9,20H,2-5,8H2,1H3,(H2,17,18). The molecule has 0 amide bonds. The molecule has 7 heteroatoms. The van der Waals surface area contributed by atoms with Crippen LogP contribution in [-0.4, -0.2) is 37.8 Å². The van der Waals surface area contributed by atoms with Crippen molar-refractivity contribution < 1.29 is 18.7 Å². The second-order valence-electron chi connectivity index (χ2n) is 5.16. The molecule has 21 heavy (non-hydrogen) atoms. The molecule has 5 nitrogen and oxygen atoms in total. The van der Waals surface area contributed by atoms with Gasteiger partial charge in [0.25, 0.3) is 0 Å². The van der Waals surface area contributed by atoms with Gasteiger partial charge in [-0.05, 0) is 30.9 Å². The predicted octanol–water partition coefficient (Wildman–Crippen LogP) is 1.92. The molecule has 0 spiro atoms. The summed E-state index contributed by atoms with van der Waals surface area (Å²) in [6, 6.07) is 2.16. The van der Waals surface area contributed by atoms with E-state index in [1.54, 1.807) is 12.0 Å². The van der Waals surface area contributed by atoms with E-state index in [4.69, 9.17) is 15.7 Å². The van der Waals surface area contributed by atoms with Gasteiger partial charge in [0, 0.05) is 32.4 Å². The van der Waals surface area contributed by atoms with Crippen LogP contribution >= 0.6 is 0 Å². The van der Waals surface area contributed by atoms with Crippen molar-refractivity contribution in [1.29, 1.82) is 0 Å². The van der Waals surface area contributed by atoms with Gasteiger partial charge in [0.05, 0.1) is 0 Å². The first kappa shape index (κ1) is 15.5. The Labute approximate surface area is 122 Å². The van der Waals surface area contributed by atoms with Gasteiger partial charge >= 0.3 is 0 Å². The number of amidine groups is 1. The first-order valence-electron chi connectivity index (χ1n) is 6.77. The van der Waals surface area contributed by atoms with Gasteiger partial charge in [-0.1, -0.05) is 5.16 Å². The molecule has 1 heterocycles. The number of methoxy groups -OCH3 is 1. The third-order valence-electron chi connectivity index (χ3n) is 3.75. The van der Waals surface area contributed by atoms with Crippen molar-refractivity contribution in [1.82, 2.24) is 0 Å². The van der Waals surface area contributed by atoms with E-state index in [-0.39, 0.29) is 17.1 Å². The Hall–Kier alpha value is -1.89. The highest BCUT2D eigenvalue weighted by Gasteiger charge is 2.24. The van der Waals surface area contributed by atoms with Crippen molar-refractivity contribution in [3.63, 3.8) is 0 Å². The zero-order valence-electron chi connectivity index (χ0n) is 11.9. The normalized spacial score (nSPS) is 17.3. The zero-order valence-corrected chi connectivity index (χ0v) is 11.9. The summed E-state index contributed by atoms with van der Waals surface area (Å²) >= 11 is 0. The number of benzene rings is 1. The smallest absolute Gasteiger partial charge is 0.170 e. The quantitative estimate of drug-likeness (QED) is 0.386. The van der Waals surface area contributed by atoms with Gasteiger partial charge in [0.2, 0.25) is 0 Å². The van der Waals surface area contributed by atoms with E-state index < -0.39 is 11.6 Å². The predicted molar refractivity (Wildman–Crippen MR) is 75.7 cm³/mol. The van der Waals surface area contributed by atoms with E-state index in [9.17, 15) is 8.78 Å². The first-order chi connectivity index (χ1) is 10.1. The lowest BCUT2D eigenvalue weighted by Crippen LogP contribution is -2.36. The van der Waals surface area contributed by atoms with E-state index in [0.29, 0.717) is 25.6 Å². The Balaban J connectivity index is 2.18. The topological polar surface area (TPSA) is 71.1 Å². The number of hydrogen-bond donors (Lipinski definition) is 2. The molecule has 0 atom stereocenters. The summed E-state index contributed by atoms with van der Waals surface area (Å²) < 4.78 is 33.4. The molecule has 0 unspecified atom stereocenters. The number of anilines is 1. The van der Waals surface area contributed by atoms with Crippen LogP contribution in [0.2, 0.25) is 0 Å². The summed E-state index contributed by atoms with van der Waals surface area (Å²) in [5, 5.41) is 11.3. The van der Waals surface area contributed by atoms with Gasteiger partial charge in [-0.25, -0.2) is 8.78 Å². The van der Waals surface area contributed by atoms with Gasteiger partial charge in [0.1, 0.15) is 17.3 Å². The summed E-state index contributed by atoms with van der Waals surface area (Å²) in [6.07, 6.45) is 1.66. The minimum absolute atomic E-state index is 0.0190. The van der Waals surface area contributed by atoms with E-state index >= 15 is 0 Å². The van der Waals surface area contributed by atoms with E-state index in [2.05, 4.69) is 5.16 Å². The van der Waals surface area contributed by atoms with Crippen molar-refractivity contribution in [2.45, 2.75) is 12.8 Å². The molecule has 1 aliphatic rings. The summed E-state index contributed by atoms with van der Waals surface area (Å²) in [5.74, 6) is -1.31. The summed E-state index contributed by atoms with van der Waals surface area (Å²) in [5.41, 5.74) is 5.32. The maximum absolute atomic E-state index is 14.1. The van der Waals surface area contributed by atoms with Gasteiger partial charge < -0.3 is 20.6 Å². The number of halogens is 2. The fourth-order valence-corrected chi connectivity index (χ4v) is 2.63. The highest BCUT2D eigenvalue weighted by molar-refractivity contribution is 5.97. The van der Waals surface area contributed by atoms with Crippen molar-refractivity contribution >= 4 is 11.5 Å². The van der Waals surface area contributed by atoms with Crippen LogP contribution in [0.1, 0.15) is 18.4 Å². The first-order valence-corrected chi connectivity index (χ1v) is 6.77. The van der Waals surface area contributed by atoms with E-state index in [0.717, 1.165) is 25.0 Å². The van der Waals surface area contributed by atoms with Crippen LogP contribution < -0.4 is 10.6 Å². The minimum Gasteiger partial charge on any atom is -0.409 e. The number of piperidine rings is 1. The number of oxime groups is 1. The van der Waals surface area contributed by atoms with Crippen LogP contribution in [0.4, 0.5) is 14.5 Å². The lowest BCUT2D eigenvalue weighted by atomic mass is 9.97. The fourth-order valence-electron chi connectivity index (χ4n) is 2.63.